The lowest BCUT2D eigenvalue weighted by Crippen LogP contribution is -2.52. The van der Waals surface area contributed by atoms with E-state index >= 15 is 0 Å². The first-order valence-electron chi connectivity index (χ1n) is 13.4. The van der Waals surface area contributed by atoms with Gasteiger partial charge in [-0.2, -0.15) is 0 Å². The molecule has 4 heterocycles. The molecule has 0 spiro atoms. The van der Waals surface area contributed by atoms with Crippen LogP contribution in [0.4, 0.5) is 5.69 Å². The minimum atomic E-state index is -0.612. The predicted molar refractivity (Wildman–Crippen MR) is 148 cm³/mol. The monoisotopic (exact) mass is 532 g/mol. The number of fused-ring (bicyclic) bond motifs is 2. The molecule has 2 saturated heterocycles. The largest absolute Gasteiger partial charge is 0.493 e. The van der Waals surface area contributed by atoms with E-state index in [4.69, 9.17) is 4.74 Å². The standard InChI is InChI=1S/C29H32N4O4S/c34-26-10-9-24(28(35)30-26)33-19-22-21(29(33)36)6-4-8-25(22)37-17-2-1-12-31-13-15-32(16-14-31)23-7-3-5-20-11-18-38-27(20)23/h3-8,11,18,24H,1-2,9-10,12-17,19H2,(H,30,34,35). The smallest absolute Gasteiger partial charge is 0.255 e. The number of thiophene rings is 1. The van der Waals surface area contributed by atoms with Crippen molar-refractivity contribution < 1.29 is 19.1 Å². The van der Waals surface area contributed by atoms with Crippen molar-refractivity contribution in [2.24, 2.45) is 0 Å². The number of hydrogen-bond acceptors (Lipinski definition) is 7. The number of anilines is 1. The summed E-state index contributed by atoms with van der Waals surface area (Å²) in [6, 6.07) is 13.7. The van der Waals surface area contributed by atoms with Crippen LogP contribution in [-0.2, 0) is 16.1 Å². The number of piperazine rings is 1. The summed E-state index contributed by atoms with van der Waals surface area (Å²) in [5.74, 6) is -0.136. The molecule has 3 aromatic rings. The van der Waals surface area contributed by atoms with Crippen LogP contribution in [0.3, 0.4) is 0 Å². The number of carbonyl (C=O) groups is 3. The van der Waals surface area contributed by atoms with Crippen LogP contribution in [0.1, 0.15) is 41.6 Å². The minimum Gasteiger partial charge on any atom is -0.493 e. The zero-order valence-corrected chi connectivity index (χ0v) is 22.2. The molecule has 1 unspecified atom stereocenters. The number of imide groups is 1. The maximum atomic E-state index is 13.0. The van der Waals surface area contributed by atoms with Gasteiger partial charge in [0.05, 0.1) is 23.5 Å². The van der Waals surface area contributed by atoms with Crippen LogP contribution < -0.4 is 15.0 Å². The van der Waals surface area contributed by atoms with Crippen molar-refractivity contribution in [3.63, 3.8) is 0 Å². The molecule has 1 N–H and O–H groups in total. The van der Waals surface area contributed by atoms with E-state index in [1.165, 1.54) is 15.8 Å². The van der Waals surface area contributed by atoms with Gasteiger partial charge in [0.15, 0.2) is 0 Å². The lowest BCUT2D eigenvalue weighted by Gasteiger charge is -2.36. The number of piperidine rings is 1. The van der Waals surface area contributed by atoms with Crippen LogP contribution in [0.25, 0.3) is 10.1 Å². The van der Waals surface area contributed by atoms with E-state index in [1.807, 2.05) is 23.5 Å². The Kier molecular flexibility index (Phi) is 7.04. The molecule has 38 heavy (non-hydrogen) atoms. The fourth-order valence-corrected chi connectivity index (χ4v) is 6.69. The lowest BCUT2D eigenvalue weighted by molar-refractivity contribution is -0.136. The van der Waals surface area contributed by atoms with E-state index in [9.17, 15) is 14.4 Å². The summed E-state index contributed by atoms with van der Waals surface area (Å²) in [6.45, 7) is 6.18. The fraction of sp³-hybridized carbons (Fsp3) is 0.414. The third-order valence-electron chi connectivity index (χ3n) is 7.84. The molecule has 8 nitrogen and oxygen atoms in total. The highest BCUT2D eigenvalue weighted by molar-refractivity contribution is 7.17. The third kappa shape index (κ3) is 4.88. The molecule has 1 aromatic heterocycles. The molecule has 3 aliphatic heterocycles. The van der Waals surface area contributed by atoms with Gasteiger partial charge in [0.1, 0.15) is 11.8 Å². The predicted octanol–water partition coefficient (Wildman–Crippen LogP) is 3.64. The van der Waals surface area contributed by atoms with Crippen molar-refractivity contribution in [1.82, 2.24) is 15.1 Å². The van der Waals surface area contributed by atoms with Crippen molar-refractivity contribution in [2.45, 2.75) is 38.3 Å². The van der Waals surface area contributed by atoms with Gasteiger partial charge in [0.25, 0.3) is 5.91 Å². The summed E-state index contributed by atoms with van der Waals surface area (Å²) in [5, 5.41) is 5.85. The van der Waals surface area contributed by atoms with Gasteiger partial charge in [-0.25, -0.2) is 0 Å². The van der Waals surface area contributed by atoms with Crippen molar-refractivity contribution in [2.75, 3.05) is 44.2 Å². The zero-order valence-electron chi connectivity index (χ0n) is 21.4. The number of amides is 3. The van der Waals surface area contributed by atoms with Gasteiger partial charge in [-0.05, 0) is 60.8 Å². The second-order valence-corrected chi connectivity index (χ2v) is 11.1. The Bertz CT molecular complexity index is 1360. The van der Waals surface area contributed by atoms with Crippen LogP contribution in [0.5, 0.6) is 5.75 Å². The first kappa shape index (κ1) is 24.9. The van der Waals surface area contributed by atoms with Crippen LogP contribution in [0.15, 0.2) is 47.8 Å². The van der Waals surface area contributed by atoms with Crippen LogP contribution in [-0.4, -0.2) is 72.9 Å². The first-order valence-corrected chi connectivity index (χ1v) is 14.3. The van der Waals surface area contributed by atoms with Gasteiger partial charge in [-0.1, -0.05) is 18.2 Å². The number of nitrogens with one attached hydrogen (secondary N) is 1. The Hall–Kier alpha value is -3.43. The second kappa shape index (κ2) is 10.7. The van der Waals surface area contributed by atoms with Crippen molar-refractivity contribution in [1.29, 1.82) is 0 Å². The number of benzene rings is 2. The van der Waals surface area contributed by atoms with Crippen molar-refractivity contribution in [3.8, 4) is 5.75 Å². The number of rotatable bonds is 8. The molecule has 0 bridgehead atoms. The van der Waals surface area contributed by atoms with E-state index in [1.54, 1.807) is 11.0 Å². The Morgan fingerprint density at radius 3 is 2.66 bits per heavy atom. The average molecular weight is 533 g/mol. The Labute approximate surface area is 226 Å². The molecule has 1 atom stereocenters. The van der Waals surface area contributed by atoms with E-state index in [-0.39, 0.29) is 18.2 Å². The lowest BCUT2D eigenvalue weighted by atomic mass is 10.0. The summed E-state index contributed by atoms with van der Waals surface area (Å²) in [7, 11) is 0. The molecule has 9 heteroatoms. The number of nitrogens with zero attached hydrogens (tertiary/aromatic N) is 3. The number of unbranched alkanes of at least 4 members (excludes halogenated alkanes) is 1. The number of carbonyl (C=O) groups excluding carboxylic acids is 3. The SMILES string of the molecule is O=C1CCC(N2Cc3c(OCCCCN4CCN(c5cccc6ccsc56)CC4)cccc3C2=O)C(=O)N1. The molecule has 198 valence electrons. The second-order valence-electron chi connectivity index (χ2n) is 10.2. The van der Waals surface area contributed by atoms with Gasteiger partial charge in [-0.3, -0.25) is 24.6 Å². The van der Waals surface area contributed by atoms with E-state index in [2.05, 4.69) is 44.8 Å². The molecule has 0 aliphatic carbocycles. The Balaban J connectivity index is 0.964. The van der Waals surface area contributed by atoms with Crippen LogP contribution in [0.2, 0.25) is 0 Å². The summed E-state index contributed by atoms with van der Waals surface area (Å²) >= 11 is 1.82. The topological polar surface area (TPSA) is 82.2 Å². The average Bonchev–Trinajstić information content (AvgIpc) is 3.54. The van der Waals surface area contributed by atoms with Crippen molar-refractivity contribution in [3.05, 3.63) is 59.0 Å². The quantitative estimate of drug-likeness (QED) is 0.352. The Morgan fingerprint density at radius 2 is 1.82 bits per heavy atom. The highest BCUT2D eigenvalue weighted by atomic mass is 32.1. The third-order valence-corrected chi connectivity index (χ3v) is 8.79. The van der Waals surface area contributed by atoms with Gasteiger partial charge >= 0.3 is 0 Å². The van der Waals surface area contributed by atoms with Gasteiger partial charge in [-0.15, -0.1) is 11.3 Å². The molecule has 2 aromatic carbocycles. The van der Waals surface area contributed by atoms with Crippen molar-refractivity contribution >= 4 is 44.8 Å². The summed E-state index contributed by atoms with van der Waals surface area (Å²) < 4.78 is 7.50. The summed E-state index contributed by atoms with van der Waals surface area (Å²) in [6.07, 6.45) is 2.60. The highest BCUT2D eigenvalue weighted by Crippen LogP contribution is 2.34. The zero-order chi connectivity index (χ0) is 26.1. The van der Waals surface area contributed by atoms with E-state index in [0.29, 0.717) is 30.9 Å². The highest BCUT2D eigenvalue weighted by Gasteiger charge is 2.40. The van der Waals surface area contributed by atoms with Crippen LogP contribution >= 0.6 is 11.3 Å². The van der Waals surface area contributed by atoms with E-state index in [0.717, 1.165) is 51.1 Å². The Morgan fingerprint density at radius 1 is 0.974 bits per heavy atom. The molecule has 3 amide bonds. The maximum absolute atomic E-state index is 13.0. The van der Waals surface area contributed by atoms with E-state index < -0.39 is 11.9 Å². The molecular formula is C29H32N4O4S. The first-order chi connectivity index (χ1) is 18.6. The molecular weight excluding hydrogens is 500 g/mol. The summed E-state index contributed by atoms with van der Waals surface area (Å²) in [5.41, 5.74) is 2.78. The molecule has 3 aliphatic rings. The summed E-state index contributed by atoms with van der Waals surface area (Å²) in [4.78, 5) is 43.4. The van der Waals surface area contributed by atoms with Gasteiger partial charge in [0.2, 0.25) is 11.8 Å². The minimum absolute atomic E-state index is 0.172. The molecule has 6 rings (SSSR count). The number of ether oxygens (including phenoxy) is 1. The van der Waals surface area contributed by atoms with Gasteiger partial charge < -0.3 is 14.5 Å². The molecule has 2 fully saturated rings. The molecule has 0 saturated carbocycles. The van der Waals surface area contributed by atoms with Crippen LogP contribution in [0, 0.1) is 0 Å². The fourth-order valence-electron chi connectivity index (χ4n) is 5.75. The molecule has 0 radical (unpaired) electrons. The van der Waals surface area contributed by atoms with Gasteiger partial charge in [0, 0.05) is 43.7 Å². The number of hydrogen-bond donors (Lipinski definition) is 1. The normalized spacial score (nSPS) is 20.2. The maximum Gasteiger partial charge on any atom is 0.255 e.